The third kappa shape index (κ3) is 3.38. The van der Waals surface area contributed by atoms with Crippen LogP contribution in [0.15, 0.2) is 65.4 Å². The van der Waals surface area contributed by atoms with Crippen LogP contribution in [0.2, 0.25) is 0 Å². The first-order valence-electron chi connectivity index (χ1n) is 7.52. The summed E-state index contributed by atoms with van der Waals surface area (Å²) in [5.41, 5.74) is 1.93. The van der Waals surface area contributed by atoms with Crippen LogP contribution in [0, 0.1) is 6.92 Å². The van der Waals surface area contributed by atoms with E-state index in [2.05, 4.69) is 33.0 Å². The third-order valence-corrected chi connectivity index (χ3v) is 4.41. The summed E-state index contributed by atoms with van der Waals surface area (Å²) in [6, 6.07) is 16.1. The first-order valence-corrected chi connectivity index (χ1v) is 8.32. The molecule has 3 aromatic rings. The van der Waals surface area contributed by atoms with E-state index in [0.29, 0.717) is 12.4 Å². The van der Waals surface area contributed by atoms with Crippen LogP contribution in [-0.4, -0.2) is 14.7 Å². The van der Waals surface area contributed by atoms with Gasteiger partial charge in [0.25, 0.3) is 0 Å². The van der Waals surface area contributed by atoms with Crippen molar-refractivity contribution in [2.45, 2.75) is 26.0 Å². The van der Waals surface area contributed by atoms with Gasteiger partial charge < -0.3 is 9.67 Å². The Bertz CT molecular complexity index is 789. The summed E-state index contributed by atoms with van der Waals surface area (Å²) in [7, 11) is 0. The minimum absolute atomic E-state index is 0.638. The molecule has 0 aliphatic carbocycles. The smallest absolute Gasteiger partial charge is 0.145 e. The van der Waals surface area contributed by atoms with Crippen LogP contribution in [0.5, 0.6) is 0 Å². The topological polar surface area (TPSA) is 38.1 Å². The predicted molar refractivity (Wildman–Crippen MR) is 95.3 cm³/mol. The van der Waals surface area contributed by atoms with Gasteiger partial charge in [0.1, 0.15) is 11.4 Å². The SMILES string of the molecule is Cc1cc(Br)cc(C(C)(O)c2nccn2Cc2ccccc2)c1. The van der Waals surface area contributed by atoms with Crippen LogP contribution in [0.3, 0.4) is 0 Å². The minimum Gasteiger partial charge on any atom is -0.377 e. The van der Waals surface area contributed by atoms with Crippen LogP contribution in [0.25, 0.3) is 0 Å². The largest absolute Gasteiger partial charge is 0.377 e. The lowest BCUT2D eigenvalue weighted by Gasteiger charge is -2.25. The van der Waals surface area contributed by atoms with Gasteiger partial charge >= 0.3 is 0 Å². The Kier molecular flexibility index (Phi) is 4.37. The van der Waals surface area contributed by atoms with Crippen LogP contribution in [0.4, 0.5) is 0 Å². The van der Waals surface area contributed by atoms with Gasteiger partial charge in [0.15, 0.2) is 0 Å². The lowest BCUT2D eigenvalue weighted by atomic mass is 9.93. The zero-order valence-corrected chi connectivity index (χ0v) is 14.8. The molecule has 0 radical (unpaired) electrons. The van der Waals surface area contributed by atoms with Crippen molar-refractivity contribution in [3.8, 4) is 0 Å². The highest BCUT2D eigenvalue weighted by Gasteiger charge is 2.31. The molecule has 1 N–H and O–H groups in total. The summed E-state index contributed by atoms with van der Waals surface area (Å²) in [6.45, 7) is 4.48. The van der Waals surface area contributed by atoms with E-state index < -0.39 is 5.60 Å². The molecule has 0 saturated carbocycles. The average molecular weight is 371 g/mol. The first kappa shape index (κ1) is 16.0. The van der Waals surface area contributed by atoms with Crippen LogP contribution < -0.4 is 0 Å². The molecule has 0 aliphatic heterocycles. The van der Waals surface area contributed by atoms with Gasteiger partial charge in [-0.05, 0) is 42.7 Å². The molecule has 1 atom stereocenters. The maximum absolute atomic E-state index is 11.1. The first-order chi connectivity index (χ1) is 11.0. The monoisotopic (exact) mass is 370 g/mol. The number of aromatic nitrogens is 2. The van der Waals surface area contributed by atoms with Gasteiger partial charge in [-0.25, -0.2) is 4.98 Å². The van der Waals surface area contributed by atoms with Gasteiger partial charge in [-0.15, -0.1) is 0 Å². The second-order valence-corrected chi connectivity index (χ2v) is 6.87. The Balaban J connectivity index is 1.99. The second kappa shape index (κ2) is 6.30. The van der Waals surface area contributed by atoms with Crippen molar-refractivity contribution < 1.29 is 5.11 Å². The van der Waals surface area contributed by atoms with E-state index in [4.69, 9.17) is 0 Å². The molecule has 4 heteroatoms. The molecule has 3 nitrogen and oxygen atoms in total. The van der Waals surface area contributed by atoms with E-state index in [1.807, 2.05) is 54.1 Å². The molecular formula is C19H19BrN2O. The Morgan fingerprint density at radius 2 is 1.91 bits per heavy atom. The van der Waals surface area contributed by atoms with E-state index in [-0.39, 0.29) is 0 Å². The number of halogens is 1. The van der Waals surface area contributed by atoms with Crippen molar-refractivity contribution >= 4 is 15.9 Å². The number of rotatable bonds is 4. The molecule has 2 aromatic carbocycles. The van der Waals surface area contributed by atoms with E-state index in [1.165, 1.54) is 5.56 Å². The fraction of sp³-hybridized carbons (Fsp3) is 0.211. The Labute approximate surface area is 144 Å². The van der Waals surface area contributed by atoms with Gasteiger partial charge in [-0.2, -0.15) is 0 Å². The van der Waals surface area contributed by atoms with Crippen LogP contribution in [-0.2, 0) is 12.1 Å². The standard InChI is InChI=1S/C19H19BrN2O/c1-14-10-16(12-17(20)11-14)19(2,23)18-21-8-9-22(18)13-15-6-4-3-5-7-15/h3-12,23H,13H2,1-2H3. The van der Waals surface area contributed by atoms with Crippen molar-refractivity contribution in [2.24, 2.45) is 0 Å². The Hall–Kier alpha value is -1.91. The van der Waals surface area contributed by atoms with Gasteiger partial charge in [-0.1, -0.05) is 52.3 Å². The predicted octanol–water partition coefficient (Wildman–Crippen LogP) is 4.26. The lowest BCUT2D eigenvalue weighted by molar-refractivity contribution is 0.0883. The maximum Gasteiger partial charge on any atom is 0.145 e. The maximum atomic E-state index is 11.1. The molecule has 0 aliphatic rings. The average Bonchev–Trinajstić information content (AvgIpc) is 2.96. The van der Waals surface area contributed by atoms with Crippen molar-refractivity contribution in [2.75, 3.05) is 0 Å². The van der Waals surface area contributed by atoms with Crippen molar-refractivity contribution in [1.29, 1.82) is 0 Å². The quantitative estimate of drug-likeness (QED) is 0.744. The van der Waals surface area contributed by atoms with E-state index in [1.54, 1.807) is 13.1 Å². The molecule has 0 spiro atoms. The molecule has 0 bridgehead atoms. The number of aryl methyl sites for hydroxylation is 1. The zero-order valence-electron chi connectivity index (χ0n) is 13.2. The summed E-state index contributed by atoms with van der Waals surface area (Å²) >= 11 is 3.50. The van der Waals surface area contributed by atoms with Crippen LogP contribution in [0.1, 0.15) is 29.4 Å². The molecule has 1 heterocycles. The summed E-state index contributed by atoms with van der Waals surface area (Å²) in [5, 5.41) is 11.1. The highest BCUT2D eigenvalue weighted by molar-refractivity contribution is 9.10. The fourth-order valence-corrected chi connectivity index (χ4v) is 3.40. The summed E-state index contributed by atoms with van der Waals surface area (Å²) in [5.74, 6) is 0.638. The summed E-state index contributed by atoms with van der Waals surface area (Å²) in [4.78, 5) is 4.42. The van der Waals surface area contributed by atoms with Gasteiger partial charge in [-0.3, -0.25) is 0 Å². The van der Waals surface area contributed by atoms with E-state index in [0.717, 1.165) is 15.6 Å². The fourth-order valence-electron chi connectivity index (χ4n) is 2.79. The number of benzene rings is 2. The molecule has 0 fully saturated rings. The Morgan fingerprint density at radius 3 is 2.61 bits per heavy atom. The highest BCUT2D eigenvalue weighted by atomic mass is 79.9. The van der Waals surface area contributed by atoms with E-state index in [9.17, 15) is 5.11 Å². The van der Waals surface area contributed by atoms with Crippen molar-refractivity contribution in [1.82, 2.24) is 9.55 Å². The number of nitrogens with zero attached hydrogens (tertiary/aromatic N) is 2. The molecule has 0 saturated heterocycles. The highest BCUT2D eigenvalue weighted by Crippen LogP contribution is 2.31. The lowest BCUT2D eigenvalue weighted by Crippen LogP contribution is -2.28. The molecular weight excluding hydrogens is 352 g/mol. The second-order valence-electron chi connectivity index (χ2n) is 5.95. The van der Waals surface area contributed by atoms with Gasteiger partial charge in [0.05, 0.1) is 0 Å². The molecule has 118 valence electrons. The number of imidazole rings is 1. The normalized spacial score (nSPS) is 13.7. The minimum atomic E-state index is -1.16. The number of hydrogen-bond acceptors (Lipinski definition) is 2. The van der Waals surface area contributed by atoms with Gasteiger partial charge in [0.2, 0.25) is 0 Å². The van der Waals surface area contributed by atoms with Gasteiger partial charge in [0, 0.05) is 23.4 Å². The molecule has 0 amide bonds. The third-order valence-electron chi connectivity index (χ3n) is 3.95. The van der Waals surface area contributed by atoms with Crippen molar-refractivity contribution in [3.05, 3.63) is 87.9 Å². The molecule has 1 aromatic heterocycles. The van der Waals surface area contributed by atoms with Crippen LogP contribution >= 0.6 is 15.9 Å². The summed E-state index contributed by atoms with van der Waals surface area (Å²) in [6.07, 6.45) is 3.64. The number of hydrogen-bond donors (Lipinski definition) is 1. The number of aliphatic hydroxyl groups is 1. The van der Waals surface area contributed by atoms with Crippen molar-refractivity contribution in [3.63, 3.8) is 0 Å². The van der Waals surface area contributed by atoms with E-state index >= 15 is 0 Å². The molecule has 23 heavy (non-hydrogen) atoms. The summed E-state index contributed by atoms with van der Waals surface area (Å²) < 4.78 is 2.94. The molecule has 3 rings (SSSR count). The zero-order chi connectivity index (χ0) is 16.4. The molecule has 1 unspecified atom stereocenters. The Morgan fingerprint density at radius 1 is 1.17 bits per heavy atom.